The number of ether oxygens (including phenoxy) is 1. The van der Waals surface area contributed by atoms with E-state index in [0.717, 1.165) is 0 Å². The summed E-state index contributed by atoms with van der Waals surface area (Å²) >= 11 is 0. The third-order valence-electron chi connectivity index (χ3n) is 3.86. The normalized spacial score (nSPS) is 17.1. The van der Waals surface area contributed by atoms with E-state index < -0.39 is 46.5 Å². The quantitative estimate of drug-likeness (QED) is 0.696. The number of ketones is 1. The molecule has 0 bridgehead atoms. The van der Waals surface area contributed by atoms with E-state index in [4.69, 9.17) is 10.00 Å². The van der Waals surface area contributed by atoms with Crippen LogP contribution in [0.15, 0.2) is 36.4 Å². The molecular formula is C17H7F6NO2. The van der Waals surface area contributed by atoms with Gasteiger partial charge >= 0.3 is 11.8 Å². The molecule has 0 saturated heterocycles. The van der Waals surface area contributed by atoms with Crippen molar-refractivity contribution in [2.24, 2.45) is 0 Å². The second kappa shape index (κ2) is 5.76. The Labute approximate surface area is 142 Å². The van der Waals surface area contributed by atoms with Crippen molar-refractivity contribution in [3.8, 4) is 17.6 Å². The van der Waals surface area contributed by atoms with Gasteiger partial charge in [0.1, 0.15) is 11.5 Å². The first kappa shape index (κ1) is 17.8. The molecule has 2 aromatic rings. The lowest BCUT2D eigenvalue weighted by Gasteiger charge is -2.17. The minimum Gasteiger partial charge on any atom is -0.457 e. The standard InChI is InChI=1S/C17H7F6NO2/c18-15(19)13-11(26-9-3-1-2-8(6-9)7-24)5-4-10-12(13)14(25)17(22,23)16(10,20)21/h1-6,15H. The monoisotopic (exact) mass is 371 g/mol. The maximum atomic E-state index is 13.8. The van der Waals surface area contributed by atoms with E-state index >= 15 is 0 Å². The fraction of sp³-hybridized carbons (Fsp3) is 0.176. The number of hydrogen-bond acceptors (Lipinski definition) is 3. The number of nitriles is 1. The average Bonchev–Trinajstić information content (AvgIpc) is 2.72. The van der Waals surface area contributed by atoms with Crippen LogP contribution in [0.4, 0.5) is 26.3 Å². The van der Waals surface area contributed by atoms with Gasteiger partial charge in [-0.1, -0.05) is 6.07 Å². The van der Waals surface area contributed by atoms with Gasteiger partial charge in [0.05, 0.1) is 17.2 Å². The SMILES string of the molecule is N#Cc1cccc(Oc2ccc3c(c2C(F)F)C(=O)C(F)(F)C3(F)F)c1. The molecule has 9 heteroatoms. The van der Waals surface area contributed by atoms with Gasteiger partial charge in [0, 0.05) is 11.1 Å². The number of fused-ring (bicyclic) bond motifs is 1. The predicted octanol–water partition coefficient (Wildman–Crippen LogP) is 5.21. The fourth-order valence-corrected chi connectivity index (χ4v) is 2.64. The Hall–Kier alpha value is -3.02. The molecule has 134 valence electrons. The Kier molecular flexibility index (Phi) is 3.94. The summed E-state index contributed by atoms with van der Waals surface area (Å²) in [7, 11) is 0. The van der Waals surface area contributed by atoms with Crippen molar-refractivity contribution in [2.45, 2.75) is 18.3 Å². The van der Waals surface area contributed by atoms with Crippen molar-refractivity contribution in [1.82, 2.24) is 0 Å². The van der Waals surface area contributed by atoms with E-state index in [1.807, 2.05) is 0 Å². The molecule has 1 aliphatic carbocycles. The van der Waals surface area contributed by atoms with Gasteiger partial charge in [-0.3, -0.25) is 4.79 Å². The van der Waals surface area contributed by atoms with Gasteiger partial charge in [-0.15, -0.1) is 0 Å². The third-order valence-corrected chi connectivity index (χ3v) is 3.86. The van der Waals surface area contributed by atoms with E-state index in [0.29, 0.717) is 12.1 Å². The molecule has 0 amide bonds. The van der Waals surface area contributed by atoms with Crippen molar-refractivity contribution < 1.29 is 35.9 Å². The summed E-state index contributed by atoms with van der Waals surface area (Å²) in [6.07, 6.45) is -3.52. The topological polar surface area (TPSA) is 50.1 Å². The summed E-state index contributed by atoms with van der Waals surface area (Å²) in [6.45, 7) is 0. The molecule has 0 radical (unpaired) electrons. The smallest absolute Gasteiger partial charge is 0.376 e. The Balaban J connectivity index is 2.17. The summed E-state index contributed by atoms with van der Waals surface area (Å²) in [5, 5.41) is 8.81. The average molecular weight is 371 g/mol. The summed E-state index contributed by atoms with van der Waals surface area (Å²) in [4.78, 5) is 11.7. The fourth-order valence-electron chi connectivity index (χ4n) is 2.64. The lowest BCUT2D eigenvalue weighted by Crippen LogP contribution is -2.38. The second-order valence-electron chi connectivity index (χ2n) is 5.42. The largest absolute Gasteiger partial charge is 0.457 e. The van der Waals surface area contributed by atoms with Gasteiger partial charge in [0.15, 0.2) is 0 Å². The molecule has 0 fully saturated rings. The second-order valence-corrected chi connectivity index (χ2v) is 5.42. The van der Waals surface area contributed by atoms with Crippen LogP contribution in [0.2, 0.25) is 0 Å². The molecule has 1 aliphatic rings. The van der Waals surface area contributed by atoms with Gasteiger partial charge in [0.25, 0.3) is 6.43 Å². The molecule has 26 heavy (non-hydrogen) atoms. The Morgan fingerprint density at radius 2 is 1.73 bits per heavy atom. The molecule has 3 nitrogen and oxygen atoms in total. The highest BCUT2D eigenvalue weighted by Gasteiger charge is 2.70. The van der Waals surface area contributed by atoms with Crippen molar-refractivity contribution in [1.29, 1.82) is 5.26 Å². The number of carbonyl (C=O) groups excluding carboxylic acids is 1. The van der Waals surface area contributed by atoms with Gasteiger partial charge in [-0.05, 0) is 30.3 Å². The highest BCUT2D eigenvalue weighted by atomic mass is 19.3. The summed E-state index contributed by atoms with van der Waals surface area (Å²) in [5.41, 5.74) is -4.13. The van der Waals surface area contributed by atoms with Gasteiger partial charge in [0.2, 0.25) is 5.78 Å². The first-order chi connectivity index (χ1) is 12.1. The Bertz CT molecular complexity index is 949. The van der Waals surface area contributed by atoms with Crippen molar-refractivity contribution in [3.05, 3.63) is 58.7 Å². The first-order valence-electron chi connectivity index (χ1n) is 7.05. The molecule has 0 heterocycles. The van der Waals surface area contributed by atoms with Crippen LogP contribution in [-0.4, -0.2) is 11.7 Å². The number of Topliss-reactive ketones (excluding diaryl/α,β-unsaturated/α-hetero) is 1. The molecule has 0 aromatic heterocycles. The number of benzene rings is 2. The van der Waals surface area contributed by atoms with E-state index in [-0.39, 0.29) is 11.3 Å². The van der Waals surface area contributed by atoms with Crippen LogP contribution in [0.25, 0.3) is 0 Å². The molecule has 2 aromatic carbocycles. The maximum Gasteiger partial charge on any atom is 0.376 e. The number of nitrogens with zero attached hydrogens (tertiary/aromatic N) is 1. The highest BCUT2D eigenvalue weighted by Crippen LogP contribution is 2.55. The lowest BCUT2D eigenvalue weighted by molar-refractivity contribution is -0.176. The van der Waals surface area contributed by atoms with Crippen LogP contribution in [0.5, 0.6) is 11.5 Å². The molecular weight excluding hydrogens is 364 g/mol. The van der Waals surface area contributed by atoms with Crippen molar-refractivity contribution in [3.63, 3.8) is 0 Å². The molecule has 0 unspecified atom stereocenters. The van der Waals surface area contributed by atoms with E-state index in [1.54, 1.807) is 6.07 Å². The minimum absolute atomic E-state index is 0.102. The van der Waals surface area contributed by atoms with Gasteiger partial charge < -0.3 is 4.74 Å². The molecule has 0 atom stereocenters. The molecule has 3 rings (SSSR count). The van der Waals surface area contributed by atoms with Crippen molar-refractivity contribution >= 4 is 5.78 Å². The molecule has 0 saturated carbocycles. The number of carbonyl (C=O) groups is 1. The van der Waals surface area contributed by atoms with E-state index in [1.165, 1.54) is 24.3 Å². The predicted molar refractivity (Wildman–Crippen MR) is 75.8 cm³/mol. The van der Waals surface area contributed by atoms with Crippen LogP contribution in [0, 0.1) is 11.3 Å². The zero-order chi connectivity index (χ0) is 19.3. The zero-order valence-corrected chi connectivity index (χ0v) is 12.6. The van der Waals surface area contributed by atoms with Crippen LogP contribution >= 0.6 is 0 Å². The first-order valence-corrected chi connectivity index (χ1v) is 7.05. The lowest BCUT2D eigenvalue weighted by atomic mass is 10.0. The number of halogens is 6. The molecule has 0 aliphatic heterocycles. The number of rotatable bonds is 3. The van der Waals surface area contributed by atoms with E-state index in [2.05, 4.69) is 0 Å². The number of hydrogen-bond donors (Lipinski definition) is 0. The summed E-state index contributed by atoms with van der Waals surface area (Å²) in [5.74, 6) is -13.2. The van der Waals surface area contributed by atoms with Crippen LogP contribution < -0.4 is 4.74 Å². The molecule has 0 spiro atoms. The summed E-state index contributed by atoms with van der Waals surface area (Å²) < 4.78 is 86.7. The molecule has 0 N–H and O–H groups in total. The maximum absolute atomic E-state index is 13.8. The van der Waals surface area contributed by atoms with E-state index in [9.17, 15) is 31.1 Å². The van der Waals surface area contributed by atoms with Gasteiger partial charge in [-0.25, -0.2) is 8.78 Å². The Morgan fingerprint density at radius 1 is 1.04 bits per heavy atom. The van der Waals surface area contributed by atoms with Gasteiger partial charge in [-0.2, -0.15) is 22.8 Å². The van der Waals surface area contributed by atoms with Crippen LogP contribution in [0.3, 0.4) is 0 Å². The zero-order valence-electron chi connectivity index (χ0n) is 12.6. The van der Waals surface area contributed by atoms with Crippen LogP contribution in [-0.2, 0) is 5.92 Å². The highest BCUT2D eigenvalue weighted by molar-refractivity contribution is 6.08. The Morgan fingerprint density at radius 3 is 2.35 bits per heavy atom. The minimum atomic E-state index is -5.13. The van der Waals surface area contributed by atoms with Crippen LogP contribution in [0.1, 0.15) is 33.5 Å². The third kappa shape index (κ3) is 2.41. The number of alkyl halides is 6. The van der Waals surface area contributed by atoms with Crippen molar-refractivity contribution in [2.75, 3.05) is 0 Å². The summed E-state index contributed by atoms with van der Waals surface area (Å²) in [6, 6.07) is 8.14.